The molecule has 0 bridgehead atoms. The fourth-order valence-corrected chi connectivity index (χ4v) is 4.43. The summed E-state index contributed by atoms with van der Waals surface area (Å²) in [4.78, 5) is 7.15. The van der Waals surface area contributed by atoms with Crippen LogP contribution in [0.1, 0.15) is 84.5 Å². The van der Waals surface area contributed by atoms with Crippen molar-refractivity contribution >= 4 is 0 Å². The van der Waals surface area contributed by atoms with Crippen LogP contribution in [0.15, 0.2) is 4.52 Å². The van der Waals surface area contributed by atoms with Gasteiger partial charge in [0.1, 0.15) is 0 Å². The molecular formula is C19H33N3O2. The minimum absolute atomic E-state index is 0.0964. The lowest BCUT2D eigenvalue weighted by Crippen LogP contribution is -2.44. The summed E-state index contributed by atoms with van der Waals surface area (Å²) in [6, 6.07) is 0.549. The summed E-state index contributed by atoms with van der Waals surface area (Å²) in [6.07, 6.45) is 5.42. The molecule has 24 heavy (non-hydrogen) atoms. The van der Waals surface area contributed by atoms with Gasteiger partial charge < -0.3 is 9.63 Å². The molecule has 1 saturated carbocycles. The summed E-state index contributed by atoms with van der Waals surface area (Å²) in [5.41, 5.74) is -0.0964. The van der Waals surface area contributed by atoms with Gasteiger partial charge in [-0.25, -0.2) is 0 Å². The van der Waals surface area contributed by atoms with Gasteiger partial charge in [0.05, 0.1) is 12.1 Å². The van der Waals surface area contributed by atoms with Gasteiger partial charge in [0.2, 0.25) is 5.89 Å². The number of hydrogen-bond donors (Lipinski definition) is 1. The van der Waals surface area contributed by atoms with E-state index in [1.807, 2.05) is 0 Å². The molecule has 136 valence electrons. The van der Waals surface area contributed by atoms with Crippen LogP contribution in [0.3, 0.4) is 0 Å². The first-order valence-corrected chi connectivity index (χ1v) is 9.55. The molecule has 0 amide bonds. The van der Waals surface area contributed by atoms with E-state index in [1.165, 1.54) is 12.8 Å². The molecule has 5 atom stereocenters. The van der Waals surface area contributed by atoms with Crippen molar-refractivity contribution in [1.29, 1.82) is 0 Å². The van der Waals surface area contributed by atoms with Crippen LogP contribution in [0.4, 0.5) is 0 Å². The molecule has 0 spiro atoms. The fourth-order valence-electron chi connectivity index (χ4n) is 4.43. The normalized spacial score (nSPS) is 33.8. The molecule has 2 aliphatic rings. The van der Waals surface area contributed by atoms with E-state index in [-0.39, 0.29) is 17.6 Å². The van der Waals surface area contributed by atoms with Gasteiger partial charge in [0.15, 0.2) is 5.82 Å². The van der Waals surface area contributed by atoms with Crippen LogP contribution in [-0.4, -0.2) is 38.8 Å². The zero-order chi connectivity index (χ0) is 17.5. The van der Waals surface area contributed by atoms with E-state index < -0.39 is 0 Å². The number of aromatic nitrogens is 2. The van der Waals surface area contributed by atoms with Crippen LogP contribution in [0, 0.1) is 11.8 Å². The van der Waals surface area contributed by atoms with E-state index in [9.17, 15) is 5.11 Å². The topological polar surface area (TPSA) is 62.4 Å². The average Bonchev–Trinajstić information content (AvgIpc) is 3.17. The zero-order valence-corrected chi connectivity index (χ0v) is 15.8. The van der Waals surface area contributed by atoms with Crippen molar-refractivity contribution in [2.24, 2.45) is 11.8 Å². The highest BCUT2D eigenvalue weighted by atomic mass is 16.5. The SMILES string of the molecule is CC1CCC(O)C(C2CCCN2C(C)c2nc(C(C)(C)C)no2)C1. The van der Waals surface area contributed by atoms with E-state index in [1.54, 1.807) is 0 Å². The smallest absolute Gasteiger partial charge is 0.243 e. The highest BCUT2D eigenvalue weighted by Gasteiger charge is 2.41. The first kappa shape index (κ1) is 17.9. The van der Waals surface area contributed by atoms with Crippen LogP contribution >= 0.6 is 0 Å². The number of likely N-dealkylation sites (tertiary alicyclic amines) is 1. The third kappa shape index (κ3) is 3.52. The lowest BCUT2D eigenvalue weighted by atomic mass is 9.76. The Hall–Kier alpha value is -0.940. The molecule has 5 unspecified atom stereocenters. The van der Waals surface area contributed by atoms with Crippen LogP contribution in [-0.2, 0) is 5.41 Å². The number of aliphatic hydroxyl groups is 1. The highest BCUT2D eigenvalue weighted by Crippen LogP contribution is 2.40. The van der Waals surface area contributed by atoms with Gasteiger partial charge in [-0.1, -0.05) is 32.9 Å². The predicted octanol–water partition coefficient (Wildman–Crippen LogP) is 3.69. The lowest BCUT2D eigenvalue weighted by Gasteiger charge is -2.40. The second-order valence-electron chi connectivity index (χ2n) is 8.98. The molecule has 1 N–H and O–H groups in total. The maximum absolute atomic E-state index is 10.5. The molecule has 1 aromatic rings. The summed E-state index contributed by atoms with van der Waals surface area (Å²) < 4.78 is 5.58. The molecule has 0 radical (unpaired) electrons. The summed E-state index contributed by atoms with van der Waals surface area (Å²) >= 11 is 0. The van der Waals surface area contributed by atoms with Crippen molar-refractivity contribution in [2.45, 2.75) is 90.3 Å². The van der Waals surface area contributed by atoms with Gasteiger partial charge in [0, 0.05) is 17.4 Å². The lowest BCUT2D eigenvalue weighted by molar-refractivity contribution is -0.00481. The fraction of sp³-hybridized carbons (Fsp3) is 0.895. The Bertz CT molecular complexity index is 551. The standard InChI is InChI=1S/C19H33N3O2/c1-12-8-9-16(23)14(11-12)15-7-6-10-22(15)13(2)17-20-18(21-24-17)19(3,4)5/h12-16,23H,6-11H2,1-5H3. The first-order chi connectivity index (χ1) is 11.3. The van der Waals surface area contributed by atoms with Crippen molar-refractivity contribution in [3.8, 4) is 0 Å². The Morgan fingerprint density at radius 3 is 2.67 bits per heavy atom. The van der Waals surface area contributed by atoms with Crippen molar-refractivity contribution in [3.63, 3.8) is 0 Å². The second kappa shape index (κ2) is 6.75. The van der Waals surface area contributed by atoms with Crippen molar-refractivity contribution in [3.05, 3.63) is 11.7 Å². The average molecular weight is 335 g/mol. The van der Waals surface area contributed by atoms with Gasteiger partial charge in [-0.2, -0.15) is 4.98 Å². The second-order valence-corrected chi connectivity index (χ2v) is 8.98. The largest absolute Gasteiger partial charge is 0.393 e. The molecule has 5 nitrogen and oxygen atoms in total. The third-order valence-corrected chi connectivity index (χ3v) is 5.93. The molecule has 1 aliphatic heterocycles. The molecular weight excluding hydrogens is 302 g/mol. The number of hydrogen-bond acceptors (Lipinski definition) is 5. The quantitative estimate of drug-likeness (QED) is 0.913. The summed E-state index contributed by atoms with van der Waals surface area (Å²) in [6.45, 7) is 11.8. The van der Waals surface area contributed by atoms with Crippen LogP contribution < -0.4 is 0 Å². The molecule has 0 aromatic carbocycles. The third-order valence-electron chi connectivity index (χ3n) is 5.93. The maximum atomic E-state index is 10.5. The summed E-state index contributed by atoms with van der Waals surface area (Å²) in [5.74, 6) is 2.58. The molecule has 3 rings (SSSR count). The molecule has 1 aliphatic carbocycles. The monoisotopic (exact) mass is 335 g/mol. The van der Waals surface area contributed by atoms with Gasteiger partial charge in [-0.15, -0.1) is 0 Å². The van der Waals surface area contributed by atoms with Crippen LogP contribution in [0.2, 0.25) is 0 Å². The Kier molecular flexibility index (Phi) is 5.03. The molecule has 2 heterocycles. The predicted molar refractivity (Wildman–Crippen MR) is 93.7 cm³/mol. The van der Waals surface area contributed by atoms with E-state index >= 15 is 0 Å². The molecule has 5 heteroatoms. The van der Waals surface area contributed by atoms with Crippen LogP contribution in [0.5, 0.6) is 0 Å². The van der Waals surface area contributed by atoms with E-state index in [4.69, 9.17) is 4.52 Å². The molecule has 1 aromatic heterocycles. The van der Waals surface area contributed by atoms with E-state index in [0.29, 0.717) is 23.8 Å². The number of rotatable bonds is 3. The minimum Gasteiger partial charge on any atom is -0.393 e. The highest BCUT2D eigenvalue weighted by molar-refractivity contribution is 5.03. The van der Waals surface area contributed by atoms with E-state index in [2.05, 4.69) is 49.7 Å². The summed E-state index contributed by atoms with van der Waals surface area (Å²) in [5, 5.41) is 14.7. The summed E-state index contributed by atoms with van der Waals surface area (Å²) in [7, 11) is 0. The molecule has 2 fully saturated rings. The van der Waals surface area contributed by atoms with Gasteiger partial charge in [-0.3, -0.25) is 4.90 Å². The van der Waals surface area contributed by atoms with E-state index in [0.717, 1.165) is 31.6 Å². The van der Waals surface area contributed by atoms with Crippen molar-refractivity contribution in [2.75, 3.05) is 6.54 Å². The molecule has 1 saturated heterocycles. The Morgan fingerprint density at radius 2 is 2.00 bits per heavy atom. The van der Waals surface area contributed by atoms with Crippen LogP contribution in [0.25, 0.3) is 0 Å². The Labute approximate surface area is 145 Å². The zero-order valence-electron chi connectivity index (χ0n) is 15.8. The first-order valence-electron chi connectivity index (χ1n) is 9.55. The van der Waals surface area contributed by atoms with Gasteiger partial charge >= 0.3 is 0 Å². The number of nitrogens with zero attached hydrogens (tertiary/aromatic N) is 3. The minimum atomic E-state index is -0.160. The Morgan fingerprint density at radius 1 is 1.25 bits per heavy atom. The maximum Gasteiger partial charge on any atom is 0.243 e. The van der Waals surface area contributed by atoms with Crippen molar-refractivity contribution in [1.82, 2.24) is 15.0 Å². The van der Waals surface area contributed by atoms with Gasteiger partial charge in [0.25, 0.3) is 0 Å². The number of aliphatic hydroxyl groups excluding tert-OH is 1. The van der Waals surface area contributed by atoms with Crippen molar-refractivity contribution < 1.29 is 9.63 Å². The van der Waals surface area contributed by atoms with Gasteiger partial charge in [-0.05, 0) is 51.5 Å². The Balaban J connectivity index is 1.76.